The molecule has 1 unspecified atom stereocenters. The highest BCUT2D eigenvalue weighted by molar-refractivity contribution is 6.01. The van der Waals surface area contributed by atoms with Crippen LogP contribution in [0.1, 0.15) is 34.1 Å². The Morgan fingerprint density at radius 1 is 1.07 bits per heavy atom. The van der Waals surface area contributed by atoms with Crippen molar-refractivity contribution >= 4 is 23.3 Å². The summed E-state index contributed by atoms with van der Waals surface area (Å²) in [4.78, 5) is 35.6. The van der Waals surface area contributed by atoms with Crippen molar-refractivity contribution in [3.05, 3.63) is 65.2 Å². The maximum absolute atomic E-state index is 13.2. The summed E-state index contributed by atoms with van der Waals surface area (Å²) < 4.78 is 31.2. The van der Waals surface area contributed by atoms with E-state index in [1.807, 2.05) is 0 Å². The number of Topliss-reactive ketones (excluding diaryl/α,β-unsaturated/α-hetero) is 1. The van der Waals surface area contributed by atoms with E-state index in [0.29, 0.717) is 5.69 Å². The quantitative estimate of drug-likeness (QED) is 0.620. The summed E-state index contributed by atoms with van der Waals surface area (Å²) in [7, 11) is 0. The molecule has 27 heavy (non-hydrogen) atoms. The molecule has 6 nitrogen and oxygen atoms in total. The summed E-state index contributed by atoms with van der Waals surface area (Å²) in [6.45, 7) is 1.32. The summed E-state index contributed by atoms with van der Waals surface area (Å²) in [5.74, 6) is -4.22. The van der Waals surface area contributed by atoms with Gasteiger partial charge in [-0.15, -0.1) is 0 Å². The smallest absolute Gasteiger partial charge is 0.338 e. The van der Waals surface area contributed by atoms with Crippen molar-refractivity contribution in [3.8, 4) is 6.07 Å². The first-order valence-electron chi connectivity index (χ1n) is 7.79. The van der Waals surface area contributed by atoms with E-state index >= 15 is 0 Å². The number of nitrogens with one attached hydrogen (secondary N) is 1. The number of esters is 1. The van der Waals surface area contributed by atoms with Crippen LogP contribution in [0.2, 0.25) is 0 Å². The minimum absolute atomic E-state index is 0.121. The molecular formula is C19H14F2N2O4. The molecule has 2 aromatic carbocycles. The second-order valence-corrected chi connectivity index (χ2v) is 5.50. The van der Waals surface area contributed by atoms with Gasteiger partial charge in [-0.05, 0) is 49.4 Å². The average molecular weight is 372 g/mol. The Morgan fingerprint density at radius 3 is 2.30 bits per heavy atom. The van der Waals surface area contributed by atoms with E-state index in [-0.39, 0.29) is 17.5 Å². The van der Waals surface area contributed by atoms with Crippen molar-refractivity contribution in [2.75, 3.05) is 5.32 Å². The number of benzene rings is 2. The van der Waals surface area contributed by atoms with E-state index < -0.39 is 35.4 Å². The molecule has 138 valence electrons. The van der Waals surface area contributed by atoms with Crippen LogP contribution in [-0.4, -0.2) is 23.8 Å². The highest BCUT2D eigenvalue weighted by atomic mass is 19.2. The minimum atomic E-state index is -1.21. The van der Waals surface area contributed by atoms with Gasteiger partial charge in [-0.3, -0.25) is 9.59 Å². The Morgan fingerprint density at radius 2 is 1.70 bits per heavy atom. The molecule has 0 bridgehead atoms. The van der Waals surface area contributed by atoms with Gasteiger partial charge in [0.05, 0.1) is 11.6 Å². The summed E-state index contributed by atoms with van der Waals surface area (Å²) in [6.07, 6.45) is -1.51. The maximum atomic E-state index is 13.2. The van der Waals surface area contributed by atoms with Gasteiger partial charge < -0.3 is 10.1 Å². The molecule has 2 rings (SSSR count). The highest BCUT2D eigenvalue weighted by Gasteiger charge is 2.21. The van der Waals surface area contributed by atoms with E-state index in [4.69, 9.17) is 10.00 Å². The number of carbonyl (C=O) groups excluding carboxylic acids is 3. The molecule has 0 aliphatic rings. The minimum Gasteiger partial charge on any atom is -0.451 e. The molecule has 0 saturated carbocycles. The van der Waals surface area contributed by atoms with Gasteiger partial charge in [-0.1, -0.05) is 0 Å². The molecule has 0 fully saturated rings. The number of ketones is 1. The molecule has 0 spiro atoms. The molecule has 0 heterocycles. The van der Waals surface area contributed by atoms with Crippen molar-refractivity contribution in [2.45, 2.75) is 19.4 Å². The second kappa shape index (κ2) is 8.67. The van der Waals surface area contributed by atoms with E-state index in [1.54, 1.807) is 6.07 Å². The topological polar surface area (TPSA) is 96.3 Å². The fourth-order valence-corrected chi connectivity index (χ4v) is 2.13. The third-order valence-electron chi connectivity index (χ3n) is 3.50. The number of amides is 1. The first-order chi connectivity index (χ1) is 12.8. The number of nitriles is 1. The molecule has 0 aliphatic carbocycles. The van der Waals surface area contributed by atoms with Crippen molar-refractivity contribution in [1.82, 2.24) is 0 Å². The number of hydrogen-bond donors (Lipinski definition) is 1. The third kappa shape index (κ3) is 5.19. The lowest BCUT2D eigenvalue weighted by atomic mass is 10.1. The number of hydrogen-bond acceptors (Lipinski definition) is 5. The number of anilines is 1. The Labute approximate surface area is 153 Å². The Balaban J connectivity index is 2.01. The van der Waals surface area contributed by atoms with Crippen molar-refractivity contribution in [3.63, 3.8) is 0 Å². The molecular weight excluding hydrogens is 358 g/mol. The number of carbonyl (C=O) groups is 3. The maximum Gasteiger partial charge on any atom is 0.338 e. The Bertz CT molecular complexity index is 920. The lowest BCUT2D eigenvalue weighted by Crippen LogP contribution is -2.24. The molecule has 0 radical (unpaired) electrons. The molecule has 0 aliphatic heterocycles. The zero-order valence-corrected chi connectivity index (χ0v) is 14.2. The average Bonchev–Trinajstić information content (AvgIpc) is 2.64. The van der Waals surface area contributed by atoms with Crippen LogP contribution in [0.25, 0.3) is 0 Å². The van der Waals surface area contributed by atoms with Gasteiger partial charge in [0.1, 0.15) is 6.42 Å². The third-order valence-corrected chi connectivity index (χ3v) is 3.50. The van der Waals surface area contributed by atoms with Crippen LogP contribution in [0.5, 0.6) is 0 Å². The van der Waals surface area contributed by atoms with Crippen molar-refractivity contribution in [2.24, 2.45) is 0 Å². The lowest BCUT2D eigenvalue weighted by Gasteiger charge is -2.13. The highest BCUT2D eigenvalue weighted by Crippen LogP contribution is 2.15. The number of halogens is 2. The van der Waals surface area contributed by atoms with Gasteiger partial charge in [-0.25, -0.2) is 13.6 Å². The predicted octanol–water partition coefficient (Wildman–Crippen LogP) is 3.25. The largest absolute Gasteiger partial charge is 0.451 e. The first kappa shape index (κ1) is 19.7. The van der Waals surface area contributed by atoms with Gasteiger partial charge >= 0.3 is 5.97 Å². The van der Waals surface area contributed by atoms with E-state index in [9.17, 15) is 23.2 Å². The first-order valence-corrected chi connectivity index (χ1v) is 7.79. The van der Waals surface area contributed by atoms with E-state index in [2.05, 4.69) is 5.32 Å². The van der Waals surface area contributed by atoms with Gasteiger partial charge in [0.25, 0.3) is 0 Å². The summed E-state index contributed by atoms with van der Waals surface area (Å²) in [6, 6.07) is 9.99. The normalized spacial score (nSPS) is 11.2. The lowest BCUT2D eigenvalue weighted by molar-refractivity contribution is -0.115. The van der Waals surface area contributed by atoms with Crippen LogP contribution >= 0.6 is 0 Å². The van der Waals surface area contributed by atoms with Crippen LogP contribution in [0.15, 0.2) is 42.5 Å². The fraction of sp³-hybridized carbons (Fsp3) is 0.158. The monoisotopic (exact) mass is 372 g/mol. The molecule has 0 aromatic heterocycles. The molecule has 1 amide bonds. The van der Waals surface area contributed by atoms with Crippen LogP contribution in [-0.2, 0) is 9.53 Å². The molecule has 1 atom stereocenters. The van der Waals surface area contributed by atoms with Gasteiger partial charge in [0.15, 0.2) is 17.7 Å². The number of nitrogens with zero attached hydrogens (tertiary/aromatic N) is 1. The summed E-state index contributed by atoms with van der Waals surface area (Å²) >= 11 is 0. The van der Waals surface area contributed by atoms with Crippen molar-refractivity contribution < 1.29 is 27.9 Å². The predicted molar refractivity (Wildman–Crippen MR) is 90.9 cm³/mol. The standard InChI is InChI=1S/C19H14F2N2O4/c1-11(18(25)13-4-7-15(20)16(21)10-13)27-19(26)12-2-5-14(6-3-12)23-17(24)8-9-22/h2-7,10-11H,8H2,1H3,(H,23,24). The summed E-state index contributed by atoms with van der Waals surface area (Å²) in [5, 5.41) is 10.9. The SMILES string of the molecule is CC(OC(=O)c1ccc(NC(=O)CC#N)cc1)C(=O)c1ccc(F)c(F)c1. The van der Waals surface area contributed by atoms with Gasteiger partial charge in [-0.2, -0.15) is 5.26 Å². The number of ether oxygens (including phenoxy) is 1. The van der Waals surface area contributed by atoms with Gasteiger partial charge in [0, 0.05) is 11.3 Å². The van der Waals surface area contributed by atoms with Crippen molar-refractivity contribution in [1.29, 1.82) is 5.26 Å². The van der Waals surface area contributed by atoms with E-state index in [0.717, 1.165) is 18.2 Å². The molecule has 1 N–H and O–H groups in total. The number of rotatable bonds is 6. The molecule has 2 aromatic rings. The zero-order valence-electron chi connectivity index (χ0n) is 14.2. The Kier molecular flexibility index (Phi) is 6.33. The Hall–Kier alpha value is -3.60. The van der Waals surface area contributed by atoms with Crippen LogP contribution in [0.3, 0.4) is 0 Å². The van der Waals surface area contributed by atoms with Crippen LogP contribution < -0.4 is 5.32 Å². The van der Waals surface area contributed by atoms with Gasteiger partial charge in [0.2, 0.25) is 11.7 Å². The van der Waals surface area contributed by atoms with E-state index in [1.165, 1.54) is 31.2 Å². The van der Waals surface area contributed by atoms with Crippen LogP contribution in [0.4, 0.5) is 14.5 Å². The molecule has 0 saturated heterocycles. The fourth-order valence-electron chi connectivity index (χ4n) is 2.13. The zero-order chi connectivity index (χ0) is 20.0. The second-order valence-electron chi connectivity index (χ2n) is 5.50. The summed E-state index contributed by atoms with van der Waals surface area (Å²) in [5.41, 5.74) is 0.390. The van der Waals surface area contributed by atoms with Crippen LogP contribution in [0, 0.1) is 23.0 Å². The molecule has 8 heteroatoms.